The maximum Gasteiger partial charge on any atom is 0.0322 e. The molecule has 1 nitrogen and oxygen atoms in total. The molecule has 2 heterocycles. The molecule has 0 spiro atoms. The third kappa shape index (κ3) is 2.72. The molecule has 0 unspecified atom stereocenters. The molecule has 1 saturated heterocycles. The Morgan fingerprint density at radius 1 is 1.62 bits per heavy atom. The number of thioether (sulfide) groups is 1. The number of hydrogen-bond donors (Lipinski definition) is 1. The summed E-state index contributed by atoms with van der Waals surface area (Å²) in [5, 5.41) is 5.44. The van der Waals surface area contributed by atoms with E-state index in [1.807, 2.05) is 23.1 Å². The molecular weight excluding hydrogens is 266 g/mol. The molecule has 13 heavy (non-hydrogen) atoms. The van der Waals surface area contributed by atoms with Gasteiger partial charge in [0, 0.05) is 15.1 Å². The van der Waals surface area contributed by atoms with Crippen molar-refractivity contribution in [1.82, 2.24) is 5.32 Å². The Morgan fingerprint density at radius 2 is 2.46 bits per heavy atom. The smallest absolute Gasteiger partial charge is 0.0322 e. The van der Waals surface area contributed by atoms with Gasteiger partial charge >= 0.3 is 0 Å². The predicted molar refractivity (Wildman–Crippen MR) is 64.5 cm³/mol. The van der Waals surface area contributed by atoms with Gasteiger partial charge in [0.2, 0.25) is 0 Å². The number of nitrogens with one attached hydrogen (secondary N) is 1. The second-order valence-electron chi connectivity index (χ2n) is 3.23. The van der Waals surface area contributed by atoms with Gasteiger partial charge in [0.25, 0.3) is 0 Å². The Hall–Kier alpha value is 0.490. The molecule has 1 aromatic rings. The molecule has 0 radical (unpaired) electrons. The third-order valence-electron chi connectivity index (χ3n) is 2.14. The van der Waals surface area contributed by atoms with E-state index in [4.69, 9.17) is 0 Å². The average Bonchev–Trinajstić information content (AvgIpc) is 2.42. The first-order chi connectivity index (χ1) is 6.36. The van der Waals surface area contributed by atoms with Gasteiger partial charge in [0.15, 0.2) is 0 Å². The van der Waals surface area contributed by atoms with Gasteiger partial charge in [0.05, 0.1) is 0 Å². The van der Waals surface area contributed by atoms with Crippen LogP contribution in [0.1, 0.15) is 4.88 Å². The molecule has 0 aliphatic carbocycles. The molecule has 4 heteroatoms. The zero-order valence-electron chi connectivity index (χ0n) is 7.25. The first-order valence-corrected chi connectivity index (χ1v) is 7.19. The Bertz CT molecular complexity index is 270. The summed E-state index contributed by atoms with van der Waals surface area (Å²) in [7, 11) is 0. The van der Waals surface area contributed by atoms with Crippen LogP contribution in [-0.2, 0) is 5.75 Å². The van der Waals surface area contributed by atoms with Crippen LogP contribution in [-0.4, -0.2) is 18.8 Å². The molecule has 1 aliphatic heterocycles. The fourth-order valence-corrected chi connectivity index (χ4v) is 4.22. The second-order valence-corrected chi connectivity index (χ2v) is 6.12. The van der Waals surface area contributed by atoms with Crippen LogP contribution in [0.4, 0.5) is 0 Å². The van der Waals surface area contributed by atoms with Crippen LogP contribution in [0.15, 0.2) is 15.9 Å². The number of hydrogen-bond acceptors (Lipinski definition) is 3. The van der Waals surface area contributed by atoms with Crippen molar-refractivity contribution in [3.05, 3.63) is 20.8 Å². The van der Waals surface area contributed by atoms with Gasteiger partial charge in [0.1, 0.15) is 0 Å². The van der Waals surface area contributed by atoms with Gasteiger partial charge < -0.3 is 5.32 Å². The summed E-state index contributed by atoms with van der Waals surface area (Å²) in [5.74, 6) is 3.38. The van der Waals surface area contributed by atoms with E-state index in [1.165, 1.54) is 28.2 Å². The van der Waals surface area contributed by atoms with Gasteiger partial charge in [-0.3, -0.25) is 0 Å². The third-order valence-corrected chi connectivity index (χ3v) is 5.45. The molecule has 0 atom stereocenters. The van der Waals surface area contributed by atoms with E-state index < -0.39 is 0 Å². The molecule has 2 rings (SSSR count). The molecule has 0 aromatic carbocycles. The van der Waals surface area contributed by atoms with Crippen molar-refractivity contribution in [3.8, 4) is 0 Å². The van der Waals surface area contributed by atoms with Crippen LogP contribution in [0.2, 0.25) is 0 Å². The van der Waals surface area contributed by atoms with Crippen LogP contribution < -0.4 is 5.32 Å². The number of halogens is 1. The summed E-state index contributed by atoms with van der Waals surface area (Å²) in [5.41, 5.74) is 0. The van der Waals surface area contributed by atoms with Crippen molar-refractivity contribution in [2.24, 2.45) is 5.92 Å². The Kier molecular flexibility index (Phi) is 3.72. The van der Waals surface area contributed by atoms with E-state index in [9.17, 15) is 0 Å². The molecule has 1 aliphatic rings. The zero-order valence-corrected chi connectivity index (χ0v) is 10.5. The first kappa shape index (κ1) is 10.0. The summed E-state index contributed by atoms with van der Waals surface area (Å²) < 4.78 is 1.27. The monoisotopic (exact) mass is 277 g/mol. The summed E-state index contributed by atoms with van der Waals surface area (Å²) in [6.45, 7) is 2.44. The quantitative estimate of drug-likeness (QED) is 0.908. The standard InChI is InChI=1S/C9H12BrNS2/c10-8-1-2-13-9(8)6-12-5-7-3-11-4-7/h1-2,7,11H,3-6H2. The van der Waals surface area contributed by atoms with Gasteiger partial charge in [-0.2, -0.15) is 11.8 Å². The van der Waals surface area contributed by atoms with Gasteiger partial charge in [-0.1, -0.05) is 0 Å². The van der Waals surface area contributed by atoms with Crippen LogP contribution >= 0.6 is 39.0 Å². The van der Waals surface area contributed by atoms with Crippen molar-refractivity contribution in [2.75, 3.05) is 18.8 Å². The summed E-state index contributed by atoms with van der Waals surface area (Å²) in [6, 6.07) is 2.13. The average molecular weight is 278 g/mol. The lowest BCUT2D eigenvalue weighted by Gasteiger charge is -2.26. The lowest BCUT2D eigenvalue weighted by molar-refractivity contribution is 0.385. The molecule has 1 N–H and O–H groups in total. The van der Waals surface area contributed by atoms with Gasteiger partial charge in [-0.05, 0) is 52.1 Å². The van der Waals surface area contributed by atoms with Crippen LogP contribution in [0.5, 0.6) is 0 Å². The lowest BCUT2D eigenvalue weighted by Crippen LogP contribution is -2.43. The Morgan fingerprint density at radius 3 is 3.00 bits per heavy atom. The summed E-state index contributed by atoms with van der Waals surface area (Å²) >= 11 is 7.44. The van der Waals surface area contributed by atoms with E-state index in [0.29, 0.717) is 0 Å². The molecular formula is C9H12BrNS2. The molecule has 72 valence electrons. The molecule has 0 bridgehead atoms. The first-order valence-electron chi connectivity index (χ1n) is 4.36. The van der Waals surface area contributed by atoms with E-state index >= 15 is 0 Å². The van der Waals surface area contributed by atoms with E-state index in [2.05, 4.69) is 32.7 Å². The maximum absolute atomic E-state index is 3.55. The van der Waals surface area contributed by atoms with Crippen molar-refractivity contribution in [3.63, 3.8) is 0 Å². The maximum atomic E-state index is 3.55. The van der Waals surface area contributed by atoms with E-state index in [1.54, 1.807) is 0 Å². The topological polar surface area (TPSA) is 12.0 Å². The normalized spacial score (nSPS) is 17.3. The molecule has 0 saturated carbocycles. The van der Waals surface area contributed by atoms with Gasteiger partial charge in [-0.15, -0.1) is 11.3 Å². The highest BCUT2D eigenvalue weighted by Crippen LogP contribution is 2.27. The molecule has 1 fully saturated rings. The van der Waals surface area contributed by atoms with E-state index in [0.717, 1.165) is 11.7 Å². The van der Waals surface area contributed by atoms with E-state index in [-0.39, 0.29) is 0 Å². The van der Waals surface area contributed by atoms with Crippen molar-refractivity contribution < 1.29 is 0 Å². The molecule has 1 aromatic heterocycles. The lowest BCUT2D eigenvalue weighted by atomic mass is 10.1. The highest BCUT2D eigenvalue weighted by molar-refractivity contribution is 9.10. The highest BCUT2D eigenvalue weighted by Gasteiger charge is 2.16. The van der Waals surface area contributed by atoms with Crippen molar-refractivity contribution in [1.29, 1.82) is 0 Å². The van der Waals surface area contributed by atoms with Crippen LogP contribution in [0, 0.1) is 5.92 Å². The van der Waals surface area contributed by atoms with Crippen molar-refractivity contribution in [2.45, 2.75) is 5.75 Å². The minimum Gasteiger partial charge on any atom is -0.316 e. The zero-order chi connectivity index (χ0) is 9.10. The predicted octanol–water partition coefficient (Wildman–Crippen LogP) is 2.96. The Balaban J connectivity index is 1.70. The fourth-order valence-electron chi connectivity index (χ4n) is 1.21. The number of rotatable bonds is 4. The SMILES string of the molecule is Brc1ccsc1CSCC1CNC1. The highest BCUT2D eigenvalue weighted by atomic mass is 79.9. The second kappa shape index (κ2) is 4.82. The van der Waals surface area contributed by atoms with Crippen LogP contribution in [0.3, 0.4) is 0 Å². The number of thiophene rings is 1. The largest absolute Gasteiger partial charge is 0.316 e. The minimum absolute atomic E-state index is 0.920. The van der Waals surface area contributed by atoms with Crippen LogP contribution in [0.25, 0.3) is 0 Å². The van der Waals surface area contributed by atoms with Crippen molar-refractivity contribution >= 4 is 39.0 Å². The fraction of sp³-hybridized carbons (Fsp3) is 0.556. The van der Waals surface area contributed by atoms with Gasteiger partial charge in [-0.25, -0.2) is 0 Å². The molecule has 0 amide bonds. The summed E-state index contributed by atoms with van der Waals surface area (Å²) in [4.78, 5) is 1.47. The summed E-state index contributed by atoms with van der Waals surface area (Å²) in [6.07, 6.45) is 0. The Labute approximate surface area is 95.4 Å². The minimum atomic E-state index is 0.920.